The predicted octanol–water partition coefficient (Wildman–Crippen LogP) is 2.33. The predicted molar refractivity (Wildman–Crippen MR) is 93.7 cm³/mol. The van der Waals surface area contributed by atoms with Gasteiger partial charge in [0.15, 0.2) is 0 Å². The first-order chi connectivity index (χ1) is 11.3. The van der Waals surface area contributed by atoms with Gasteiger partial charge in [0.05, 0.1) is 6.10 Å². The largest absolute Gasteiger partial charge is 0.392 e. The minimum absolute atomic E-state index is 0.137. The van der Waals surface area contributed by atoms with E-state index in [1.54, 1.807) is 11.1 Å². The maximum absolute atomic E-state index is 10.6. The number of piperidine rings is 2. The van der Waals surface area contributed by atoms with E-state index in [4.69, 9.17) is 0 Å². The topological polar surface area (TPSA) is 35.5 Å². The van der Waals surface area contributed by atoms with Gasteiger partial charge in [-0.3, -0.25) is 0 Å². The molecule has 0 aromatic heterocycles. The Morgan fingerprint density at radius 2 is 1.87 bits per heavy atom. The third-order valence-electron chi connectivity index (χ3n) is 6.65. The van der Waals surface area contributed by atoms with E-state index in [0.717, 1.165) is 45.6 Å². The molecule has 3 heteroatoms. The Morgan fingerprint density at radius 3 is 2.65 bits per heavy atom. The summed E-state index contributed by atoms with van der Waals surface area (Å²) in [6, 6.07) is 9.07. The van der Waals surface area contributed by atoms with Gasteiger partial charge >= 0.3 is 0 Å². The van der Waals surface area contributed by atoms with Gasteiger partial charge in [0.1, 0.15) is 0 Å². The highest BCUT2D eigenvalue weighted by Gasteiger charge is 2.41. The Labute approximate surface area is 140 Å². The number of rotatable bonds is 3. The summed E-state index contributed by atoms with van der Waals surface area (Å²) in [5, 5.41) is 14.0. The Morgan fingerprint density at radius 1 is 1.13 bits per heavy atom. The second-order valence-electron chi connectivity index (χ2n) is 7.89. The van der Waals surface area contributed by atoms with Crippen molar-refractivity contribution in [3.63, 3.8) is 0 Å². The van der Waals surface area contributed by atoms with Crippen molar-refractivity contribution in [1.82, 2.24) is 10.2 Å². The first-order valence-electron chi connectivity index (χ1n) is 9.46. The van der Waals surface area contributed by atoms with E-state index in [2.05, 4.69) is 34.5 Å². The molecule has 2 fully saturated rings. The fraction of sp³-hybridized carbons (Fsp3) is 0.700. The molecule has 126 valence electrons. The van der Waals surface area contributed by atoms with Crippen LogP contribution in [-0.2, 0) is 11.8 Å². The first-order valence-corrected chi connectivity index (χ1v) is 9.46. The second-order valence-corrected chi connectivity index (χ2v) is 7.89. The van der Waals surface area contributed by atoms with Gasteiger partial charge in [-0.1, -0.05) is 24.3 Å². The Hall–Kier alpha value is -0.900. The third-order valence-corrected chi connectivity index (χ3v) is 6.65. The van der Waals surface area contributed by atoms with Crippen LogP contribution in [0.5, 0.6) is 0 Å². The zero-order valence-corrected chi connectivity index (χ0v) is 14.1. The molecule has 2 N–H and O–H groups in total. The van der Waals surface area contributed by atoms with Crippen molar-refractivity contribution in [3.05, 3.63) is 35.4 Å². The van der Waals surface area contributed by atoms with Crippen LogP contribution in [0.15, 0.2) is 24.3 Å². The van der Waals surface area contributed by atoms with E-state index in [1.807, 2.05) is 0 Å². The lowest BCUT2D eigenvalue weighted by Gasteiger charge is -2.41. The van der Waals surface area contributed by atoms with Crippen LogP contribution in [0.1, 0.15) is 43.2 Å². The van der Waals surface area contributed by atoms with E-state index in [1.165, 1.54) is 25.7 Å². The summed E-state index contributed by atoms with van der Waals surface area (Å²) in [5.74, 6) is 0.499. The Bertz CT molecular complexity index is 530. The third kappa shape index (κ3) is 3.07. The van der Waals surface area contributed by atoms with Gasteiger partial charge in [0, 0.05) is 6.54 Å². The molecule has 1 aliphatic carbocycles. The molecule has 0 bridgehead atoms. The number of aliphatic hydroxyl groups excluding tert-OH is 1. The lowest BCUT2D eigenvalue weighted by atomic mass is 9.73. The average Bonchev–Trinajstić information content (AvgIpc) is 2.97. The van der Waals surface area contributed by atoms with Gasteiger partial charge in [0.25, 0.3) is 0 Å². The van der Waals surface area contributed by atoms with E-state index in [9.17, 15) is 5.11 Å². The van der Waals surface area contributed by atoms with Crippen LogP contribution in [0.4, 0.5) is 0 Å². The fourth-order valence-corrected chi connectivity index (χ4v) is 5.09. The fourth-order valence-electron chi connectivity index (χ4n) is 5.09. The highest BCUT2D eigenvalue weighted by atomic mass is 16.3. The molecular formula is C20H30N2O. The van der Waals surface area contributed by atoms with Gasteiger partial charge in [-0.05, 0) is 87.2 Å². The number of aryl methyl sites for hydroxylation is 1. The van der Waals surface area contributed by atoms with Crippen LogP contribution < -0.4 is 5.32 Å². The van der Waals surface area contributed by atoms with Crippen LogP contribution in [0.3, 0.4) is 0 Å². The molecule has 4 rings (SSSR count). The molecule has 0 saturated carbocycles. The van der Waals surface area contributed by atoms with Crippen molar-refractivity contribution < 1.29 is 5.11 Å². The van der Waals surface area contributed by atoms with Crippen molar-refractivity contribution >= 4 is 0 Å². The molecule has 0 amide bonds. The summed E-state index contributed by atoms with van der Waals surface area (Å²) in [6.07, 6.45) is 7.25. The molecule has 2 heterocycles. The van der Waals surface area contributed by atoms with E-state index < -0.39 is 0 Å². The molecule has 1 spiro atoms. The monoisotopic (exact) mass is 314 g/mol. The maximum atomic E-state index is 10.6. The molecule has 2 saturated heterocycles. The number of nitrogens with one attached hydrogen (secondary N) is 1. The SMILES string of the molecule is OC(CN1CCC2(CCc3ccccc32)CC1)C1CCNCC1. The minimum atomic E-state index is -0.137. The normalized spacial score (nSPS) is 26.3. The zero-order chi connectivity index (χ0) is 15.7. The van der Waals surface area contributed by atoms with E-state index in [-0.39, 0.29) is 6.10 Å². The van der Waals surface area contributed by atoms with Crippen molar-refractivity contribution in [3.8, 4) is 0 Å². The molecular weight excluding hydrogens is 284 g/mol. The number of hydrogen-bond acceptors (Lipinski definition) is 3. The van der Waals surface area contributed by atoms with Crippen LogP contribution in [0.2, 0.25) is 0 Å². The number of benzene rings is 1. The molecule has 2 aliphatic heterocycles. The standard InChI is InChI=1S/C20H30N2O/c23-19(17-6-11-21-12-7-17)15-22-13-9-20(10-14-22)8-5-16-3-1-2-4-18(16)20/h1-4,17,19,21,23H,5-15H2. The lowest BCUT2D eigenvalue weighted by Crippen LogP contribution is -2.46. The zero-order valence-electron chi connectivity index (χ0n) is 14.1. The molecule has 23 heavy (non-hydrogen) atoms. The summed E-state index contributed by atoms with van der Waals surface area (Å²) >= 11 is 0. The quantitative estimate of drug-likeness (QED) is 0.899. The van der Waals surface area contributed by atoms with Crippen molar-refractivity contribution in [2.45, 2.75) is 50.0 Å². The molecule has 1 atom stereocenters. The number of fused-ring (bicyclic) bond motifs is 2. The number of hydrogen-bond donors (Lipinski definition) is 2. The lowest BCUT2D eigenvalue weighted by molar-refractivity contribution is 0.0351. The van der Waals surface area contributed by atoms with Crippen molar-refractivity contribution in [2.75, 3.05) is 32.7 Å². The van der Waals surface area contributed by atoms with E-state index in [0.29, 0.717) is 11.3 Å². The Balaban J connectivity index is 1.35. The average molecular weight is 314 g/mol. The number of aliphatic hydroxyl groups is 1. The molecule has 3 nitrogen and oxygen atoms in total. The molecule has 1 aromatic rings. The summed E-state index contributed by atoms with van der Waals surface area (Å²) in [5.41, 5.74) is 3.64. The van der Waals surface area contributed by atoms with Gasteiger partial charge < -0.3 is 15.3 Å². The number of nitrogens with zero attached hydrogens (tertiary/aromatic N) is 1. The minimum Gasteiger partial charge on any atom is -0.392 e. The number of β-amino-alcohol motifs (C(OH)–C–C–N with tert-alkyl or cyclic N) is 1. The Kier molecular flexibility index (Phi) is 4.44. The molecule has 3 aliphatic rings. The highest BCUT2D eigenvalue weighted by molar-refractivity contribution is 5.39. The maximum Gasteiger partial charge on any atom is 0.0696 e. The molecule has 1 unspecified atom stereocenters. The van der Waals surface area contributed by atoms with Crippen LogP contribution in [0, 0.1) is 5.92 Å². The van der Waals surface area contributed by atoms with Crippen molar-refractivity contribution in [1.29, 1.82) is 0 Å². The van der Waals surface area contributed by atoms with Crippen LogP contribution in [-0.4, -0.2) is 48.8 Å². The van der Waals surface area contributed by atoms with Crippen LogP contribution in [0.25, 0.3) is 0 Å². The first kappa shape index (κ1) is 15.6. The van der Waals surface area contributed by atoms with Crippen molar-refractivity contribution in [2.24, 2.45) is 5.92 Å². The summed E-state index contributed by atoms with van der Waals surface area (Å²) < 4.78 is 0. The van der Waals surface area contributed by atoms with E-state index >= 15 is 0 Å². The summed E-state index contributed by atoms with van der Waals surface area (Å²) in [7, 11) is 0. The van der Waals surface area contributed by atoms with Gasteiger partial charge in [0.2, 0.25) is 0 Å². The highest BCUT2D eigenvalue weighted by Crippen LogP contribution is 2.46. The van der Waals surface area contributed by atoms with Gasteiger partial charge in [-0.25, -0.2) is 0 Å². The summed E-state index contributed by atoms with van der Waals surface area (Å²) in [4.78, 5) is 2.51. The summed E-state index contributed by atoms with van der Waals surface area (Å²) in [6.45, 7) is 5.32. The van der Waals surface area contributed by atoms with Gasteiger partial charge in [-0.15, -0.1) is 0 Å². The second kappa shape index (κ2) is 6.54. The smallest absolute Gasteiger partial charge is 0.0696 e. The van der Waals surface area contributed by atoms with Gasteiger partial charge in [-0.2, -0.15) is 0 Å². The number of likely N-dealkylation sites (tertiary alicyclic amines) is 1. The van der Waals surface area contributed by atoms with Crippen LogP contribution >= 0.6 is 0 Å². The molecule has 0 radical (unpaired) electrons. The molecule has 1 aromatic carbocycles.